The van der Waals surface area contributed by atoms with E-state index in [0.717, 1.165) is 31.7 Å². The van der Waals surface area contributed by atoms with Crippen molar-refractivity contribution in [2.45, 2.75) is 12.8 Å². The highest BCUT2D eigenvalue weighted by molar-refractivity contribution is 5.92. The second-order valence-corrected chi connectivity index (χ2v) is 6.51. The van der Waals surface area contributed by atoms with Crippen LogP contribution in [0.25, 0.3) is 11.5 Å². The number of rotatable bonds is 4. The van der Waals surface area contributed by atoms with Crippen LogP contribution in [0.15, 0.2) is 59.2 Å². The van der Waals surface area contributed by atoms with E-state index in [1.165, 1.54) is 12.1 Å². The molecule has 2 aromatic heterocycles. The zero-order valence-electron chi connectivity index (χ0n) is 14.6. The third-order valence-electron chi connectivity index (χ3n) is 4.73. The highest BCUT2D eigenvalue weighted by atomic mass is 19.1. The van der Waals surface area contributed by atoms with Gasteiger partial charge in [-0.1, -0.05) is 0 Å². The minimum absolute atomic E-state index is 0.0273. The van der Waals surface area contributed by atoms with Gasteiger partial charge in [0.2, 0.25) is 5.91 Å². The van der Waals surface area contributed by atoms with Crippen LogP contribution in [0.4, 0.5) is 15.9 Å². The molecule has 7 heteroatoms. The summed E-state index contributed by atoms with van der Waals surface area (Å²) >= 11 is 0. The second kappa shape index (κ2) is 7.57. The molecule has 3 aromatic rings. The van der Waals surface area contributed by atoms with Crippen molar-refractivity contribution in [1.82, 2.24) is 10.2 Å². The zero-order valence-corrected chi connectivity index (χ0v) is 14.6. The number of nitrogens with zero attached hydrogens (tertiary/aromatic N) is 3. The van der Waals surface area contributed by atoms with Gasteiger partial charge < -0.3 is 14.6 Å². The Labute approximate surface area is 156 Å². The van der Waals surface area contributed by atoms with Crippen molar-refractivity contribution in [3.8, 4) is 11.5 Å². The lowest BCUT2D eigenvalue weighted by molar-refractivity contribution is -0.120. The fourth-order valence-corrected chi connectivity index (χ4v) is 3.20. The molecule has 1 N–H and O–H groups in total. The van der Waals surface area contributed by atoms with Gasteiger partial charge in [0, 0.05) is 24.7 Å². The van der Waals surface area contributed by atoms with Gasteiger partial charge in [-0.25, -0.2) is 4.39 Å². The molecule has 1 aliphatic heterocycles. The quantitative estimate of drug-likeness (QED) is 0.762. The van der Waals surface area contributed by atoms with Gasteiger partial charge in [0.15, 0.2) is 11.6 Å². The van der Waals surface area contributed by atoms with E-state index in [1.807, 2.05) is 24.3 Å². The molecule has 0 atom stereocenters. The average Bonchev–Trinajstić information content (AvgIpc) is 3.25. The molecule has 0 aliphatic carbocycles. The van der Waals surface area contributed by atoms with Crippen molar-refractivity contribution in [2.75, 3.05) is 23.3 Å². The first-order chi connectivity index (χ1) is 13.2. The molecule has 1 fully saturated rings. The molecule has 0 unspecified atom stereocenters. The van der Waals surface area contributed by atoms with Crippen LogP contribution in [0.5, 0.6) is 0 Å². The second-order valence-electron chi connectivity index (χ2n) is 6.51. The summed E-state index contributed by atoms with van der Waals surface area (Å²) in [6.07, 6.45) is 3.07. The third kappa shape index (κ3) is 3.97. The summed E-state index contributed by atoms with van der Waals surface area (Å²) in [4.78, 5) is 14.5. The van der Waals surface area contributed by atoms with Crippen LogP contribution in [-0.4, -0.2) is 29.2 Å². The summed E-state index contributed by atoms with van der Waals surface area (Å²) in [6, 6.07) is 13.3. The Morgan fingerprint density at radius 3 is 2.48 bits per heavy atom. The molecule has 1 aromatic carbocycles. The smallest absolute Gasteiger partial charge is 0.227 e. The zero-order chi connectivity index (χ0) is 18.6. The monoisotopic (exact) mass is 366 g/mol. The van der Waals surface area contributed by atoms with E-state index in [2.05, 4.69) is 20.4 Å². The maximum Gasteiger partial charge on any atom is 0.227 e. The summed E-state index contributed by atoms with van der Waals surface area (Å²) in [5, 5.41) is 11.4. The molecule has 0 bridgehead atoms. The van der Waals surface area contributed by atoms with Crippen LogP contribution in [0, 0.1) is 11.7 Å². The van der Waals surface area contributed by atoms with E-state index in [0.29, 0.717) is 17.1 Å². The fraction of sp³-hybridized carbons (Fsp3) is 0.250. The molecule has 0 saturated carbocycles. The lowest BCUT2D eigenvalue weighted by atomic mass is 9.96. The number of aromatic nitrogens is 2. The van der Waals surface area contributed by atoms with Crippen LogP contribution in [0.2, 0.25) is 0 Å². The standard InChI is InChI=1S/C20H19FN4O2/c21-15-3-5-16(6-4-15)22-20(26)14-9-11-25(12-10-14)19-8-7-17(23-24-19)18-2-1-13-27-18/h1-8,13-14H,9-12H2,(H,22,26). The number of carbonyl (C=O) groups is 1. The Kier molecular flexibility index (Phi) is 4.82. The van der Waals surface area contributed by atoms with Crippen molar-refractivity contribution in [2.24, 2.45) is 5.92 Å². The van der Waals surface area contributed by atoms with E-state index in [9.17, 15) is 9.18 Å². The number of amides is 1. The third-order valence-corrected chi connectivity index (χ3v) is 4.73. The highest BCUT2D eigenvalue weighted by Gasteiger charge is 2.26. The first-order valence-corrected chi connectivity index (χ1v) is 8.88. The van der Waals surface area contributed by atoms with Gasteiger partial charge in [-0.3, -0.25) is 4.79 Å². The van der Waals surface area contributed by atoms with Gasteiger partial charge in [0.1, 0.15) is 11.5 Å². The maximum absolute atomic E-state index is 13.0. The van der Waals surface area contributed by atoms with Gasteiger partial charge >= 0.3 is 0 Å². The molecule has 6 nitrogen and oxygen atoms in total. The summed E-state index contributed by atoms with van der Waals surface area (Å²) in [7, 11) is 0. The predicted molar refractivity (Wildman–Crippen MR) is 99.7 cm³/mol. The number of nitrogens with one attached hydrogen (secondary N) is 1. The lowest BCUT2D eigenvalue weighted by Gasteiger charge is -2.31. The number of hydrogen-bond donors (Lipinski definition) is 1. The number of carbonyl (C=O) groups excluding carboxylic acids is 1. The van der Waals surface area contributed by atoms with E-state index in [-0.39, 0.29) is 17.6 Å². The molecular formula is C20H19FN4O2. The van der Waals surface area contributed by atoms with Crippen LogP contribution < -0.4 is 10.2 Å². The van der Waals surface area contributed by atoms with Gasteiger partial charge in [-0.05, 0) is 61.4 Å². The molecule has 1 amide bonds. The Balaban J connectivity index is 1.33. The molecular weight excluding hydrogens is 347 g/mol. The Bertz CT molecular complexity index is 887. The first kappa shape index (κ1) is 17.2. The molecule has 0 spiro atoms. The Hall–Kier alpha value is -3.22. The maximum atomic E-state index is 13.0. The minimum atomic E-state index is -0.319. The van der Waals surface area contributed by atoms with E-state index in [4.69, 9.17) is 4.42 Å². The largest absolute Gasteiger partial charge is 0.463 e. The van der Waals surface area contributed by atoms with Gasteiger partial charge in [0.25, 0.3) is 0 Å². The molecule has 4 rings (SSSR count). The summed E-state index contributed by atoms with van der Waals surface area (Å²) < 4.78 is 18.3. The fourth-order valence-electron chi connectivity index (χ4n) is 3.20. The minimum Gasteiger partial charge on any atom is -0.463 e. The van der Waals surface area contributed by atoms with Crippen molar-refractivity contribution in [3.05, 3.63) is 60.6 Å². The highest BCUT2D eigenvalue weighted by Crippen LogP contribution is 2.24. The molecule has 3 heterocycles. The molecule has 0 radical (unpaired) electrons. The topological polar surface area (TPSA) is 71.3 Å². The number of anilines is 2. The first-order valence-electron chi connectivity index (χ1n) is 8.88. The average molecular weight is 366 g/mol. The van der Waals surface area contributed by atoms with Crippen molar-refractivity contribution >= 4 is 17.4 Å². The molecule has 27 heavy (non-hydrogen) atoms. The summed E-state index contributed by atoms with van der Waals surface area (Å²) in [5.41, 5.74) is 1.31. The van der Waals surface area contributed by atoms with Gasteiger partial charge in [0.05, 0.1) is 6.26 Å². The number of halogens is 1. The number of hydrogen-bond acceptors (Lipinski definition) is 5. The van der Waals surface area contributed by atoms with E-state index >= 15 is 0 Å². The molecule has 1 aliphatic rings. The number of benzene rings is 1. The van der Waals surface area contributed by atoms with Crippen molar-refractivity contribution in [1.29, 1.82) is 0 Å². The molecule has 1 saturated heterocycles. The Morgan fingerprint density at radius 1 is 1.07 bits per heavy atom. The lowest BCUT2D eigenvalue weighted by Crippen LogP contribution is -2.38. The SMILES string of the molecule is O=C(Nc1ccc(F)cc1)C1CCN(c2ccc(-c3ccco3)nn2)CC1. The normalized spacial score (nSPS) is 14.9. The Morgan fingerprint density at radius 2 is 1.85 bits per heavy atom. The summed E-state index contributed by atoms with van der Waals surface area (Å²) in [6.45, 7) is 1.46. The van der Waals surface area contributed by atoms with Crippen LogP contribution in [0.1, 0.15) is 12.8 Å². The van der Waals surface area contributed by atoms with E-state index in [1.54, 1.807) is 18.4 Å². The van der Waals surface area contributed by atoms with Crippen LogP contribution in [0.3, 0.4) is 0 Å². The number of piperidine rings is 1. The molecule has 138 valence electrons. The predicted octanol–water partition coefficient (Wildman–Crippen LogP) is 3.73. The van der Waals surface area contributed by atoms with Crippen LogP contribution >= 0.6 is 0 Å². The number of furan rings is 1. The van der Waals surface area contributed by atoms with Crippen LogP contribution in [-0.2, 0) is 4.79 Å². The summed E-state index contributed by atoms with van der Waals surface area (Å²) in [5.74, 6) is 1.07. The van der Waals surface area contributed by atoms with E-state index < -0.39 is 0 Å². The van der Waals surface area contributed by atoms with Crippen molar-refractivity contribution in [3.63, 3.8) is 0 Å². The van der Waals surface area contributed by atoms with Gasteiger partial charge in [-0.15, -0.1) is 10.2 Å². The van der Waals surface area contributed by atoms with Crippen molar-refractivity contribution < 1.29 is 13.6 Å². The van der Waals surface area contributed by atoms with Gasteiger partial charge in [-0.2, -0.15) is 0 Å².